The van der Waals surface area contributed by atoms with Crippen LogP contribution < -0.4 is 9.64 Å². The maximum Gasteiger partial charge on any atom is 0.230 e. The SMILES string of the molecule is C=CC(=O)c1ccc(F)cc1.O=C1CC(c2ccc(OCc3ccccc3)cc2)N1c1ccc(F)cc1. The molecule has 5 rings (SSSR count). The van der Waals surface area contributed by atoms with Gasteiger partial charge in [-0.05, 0) is 77.9 Å². The minimum Gasteiger partial charge on any atom is -0.489 e. The average Bonchev–Trinajstić information content (AvgIpc) is 2.93. The maximum atomic E-state index is 13.1. The first-order valence-electron chi connectivity index (χ1n) is 11.7. The Morgan fingerprint density at radius 2 is 1.46 bits per heavy atom. The summed E-state index contributed by atoms with van der Waals surface area (Å²) in [6.45, 7) is 3.83. The molecule has 37 heavy (non-hydrogen) atoms. The van der Waals surface area contributed by atoms with Crippen LogP contribution in [0, 0.1) is 11.6 Å². The van der Waals surface area contributed by atoms with E-state index in [1.54, 1.807) is 17.0 Å². The van der Waals surface area contributed by atoms with Crippen molar-refractivity contribution >= 4 is 17.4 Å². The van der Waals surface area contributed by atoms with E-state index in [2.05, 4.69) is 6.58 Å². The molecule has 0 aliphatic carbocycles. The fourth-order valence-electron chi connectivity index (χ4n) is 3.87. The molecule has 0 spiro atoms. The predicted octanol–water partition coefficient (Wildman–Crippen LogP) is 7.08. The lowest BCUT2D eigenvalue weighted by atomic mass is 9.93. The number of ketones is 1. The Balaban J connectivity index is 0.000000245. The summed E-state index contributed by atoms with van der Waals surface area (Å²) >= 11 is 0. The van der Waals surface area contributed by atoms with E-state index in [0.29, 0.717) is 18.6 Å². The molecule has 186 valence electrons. The van der Waals surface area contributed by atoms with Crippen molar-refractivity contribution in [2.45, 2.75) is 19.1 Å². The van der Waals surface area contributed by atoms with Gasteiger partial charge in [0.25, 0.3) is 0 Å². The number of ether oxygens (including phenoxy) is 1. The highest BCUT2D eigenvalue weighted by Crippen LogP contribution is 2.39. The highest BCUT2D eigenvalue weighted by Gasteiger charge is 2.38. The van der Waals surface area contributed by atoms with Crippen LogP contribution in [0.4, 0.5) is 14.5 Å². The van der Waals surface area contributed by atoms with Gasteiger partial charge in [-0.3, -0.25) is 9.59 Å². The zero-order chi connectivity index (χ0) is 26.2. The summed E-state index contributed by atoms with van der Waals surface area (Å²) < 4.78 is 31.2. The van der Waals surface area contributed by atoms with Gasteiger partial charge in [-0.2, -0.15) is 0 Å². The van der Waals surface area contributed by atoms with Crippen molar-refractivity contribution < 1.29 is 23.1 Å². The van der Waals surface area contributed by atoms with Crippen molar-refractivity contribution in [3.63, 3.8) is 0 Å². The lowest BCUT2D eigenvalue weighted by Gasteiger charge is -2.40. The summed E-state index contributed by atoms with van der Waals surface area (Å²) in [5.41, 5.74) is 3.34. The van der Waals surface area contributed by atoms with Gasteiger partial charge in [0.05, 0.1) is 12.5 Å². The first-order chi connectivity index (χ1) is 17.9. The van der Waals surface area contributed by atoms with Gasteiger partial charge in [0.15, 0.2) is 5.78 Å². The number of amides is 1. The van der Waals surface area contributed by atoms with Gasteiger partial charge in [-0.15, -0.1) is 0 Å². The number of anilines is 1. The Morgan fingerprint density at radius 3 is 2.03 bits per heavy atom. The van der Waals surface area contributed by atoms with Crippen LogP contribution >= 0.6 is 0 Å². The quantitative estimate of drug-likeness (QED) is 0.156. The molecule has 1 heterocycles. The second-order valence-electron chi connectivity index (χ2n) is 8.38. The molecule has 1 unspecified atom stereocenters. The maximum absolute atomic E-state index is 13.1. The molecule has 1 fully saturated rings. The summed E-state index contributed by atoms with van der Waals surface area (Å²) in [5.74, 6) is -0.00333. The van der Waals surface area contributed by atoms with Crippen LogP contribution in [0.5, 0.6) is 5.75 Å². The number of hydrogen-bond donors (Lipinski definition) is 0. The normalized spacial score (nSPS) is 14.2. The molecule has 1 aliphatic heterocycles. The van der Waals surface area contributed by atoms with Crippen LogP contribution in [0.2, 0.25) is 0 Å². The molecule has 0 aromatic heterocycles. The van der Waals surface area contributed by atoms with E-state index in [9.17, 15) is 18.4 Å². The van der Waals surface area contributed by atoms with E-state index in [1.165, 1.54) is 42.5 Å². The molecule has 6 heteroatoms. The minimum absolute atomic E-state index is 0.0175. The Bertz CT molecular complexity index is 1350. The van der Waals surface area contributed by atoms with Crippen molar-refractivity contribution in [3.8, 4) is 5.75 Å². The number of allylic oxidation sites excluding steroid dienone is 1. The topological polar surface area (TPSA) is 46.6 Å². The molecule has 1 aliphatic rings. The van der Waals surface area contributed by atoms with E-state index in [0.717, 1.165) is 22.6 Å². The van der Waals surface area contributed by atoms with Crippen molar-refractivity contribution in [2.75, 3.05) is 4.90 Å². The summed E-state index contributed by atoms with van der Waals surface area (Å²) in [5, 5.41) is 0. The molecule has 1 amide bonds. The number of benzene rings is 4. The van der Waals surface area contributed by atoms with Crippen LogP contribution in [0.15, 0.2) is 116 Å². The number of carbonyl (C=O) groups excluding carboxylic acids is 2. The van der Waals surface area contributed by atoms with Crippen molar-refractivity contribution in [2.24, 2.45) is 0 Å². The highest BCUT2D eigenvalue weighted by atomic mass is 19.1. The number of rotatable bonds is 7. The van der Waals surface area contributed by atoms with Gasteiger partial charge < -0.3 is 9.64 Å². The Morgan fingerprint density at radius 1 is 0.865 bits per heavy atom. The van der Waals surface area contributed by atoms with Gasteiger partial charge in [0, 0.05) is 11.3 Å². The average molecular weight is 498 g/mol. The molecule has 0 bridgehead atoms. The molecule has 0 N–H and O–H groups in total. The van der Waals surface area contributed by atoms with Gasteiger partial charge in [0.1, 0.15) is 24.0 Å². The standard InChI is InChI=1S/C22H18FNO2.C9H7FO/c23-18-8-10-19(11-9-18)24-21(14-22(24)25)17-6-12-20(13-7-17)26-15-16-4-2-1-3-5-16;1-2-9(11)7-3-5-8(10)6-4-7/h1-13,21H,14-15H2;2-6H,1H2. The zero-order valence-electron chi connectivity index (χ0n) is 20.0. The molecule has 4 aromatic carbocycles. The molecule has 1 atom stereocenters. The van der Waals surface area contributed by atoms with Gasteiger partial charge in [-0.25, -0.2) is 8.78 Å². The summed E-state index contributed by atoms with van der Waals surface area (Å²) in [6.07, 6.45) is 1.66. The van der Waals surface area contributed by atoms with E-state index < -0.39 is 0 Å². The molecule has 0 saturated carbocycles. The fourth-order valence-corrected chi connectivity index (χ4v) is 3.87. The Hall–Kier alpha value is -4.58. The third kappa shape index (κ3) is 6.55. The van der Waals surface area contributed by atoms with Gasteiger partial charge in [0.2, 0.25) is 5.91 Å². The summed E-state index contributed by atoms with van der Waals surface area (Å²) in [6, 6.07) is 29.1. The van der Waals surface area contributed by atoms with Crippen molar-refractivity contribution in [1.29, 1.82) is 0 Å². The highest BCUT2D eigenvalue weighted by molar-refractivity contribution is 6.04. The molecule has 1 saturated heterocycles. The van der Waals surface area contributed by atoms with E-state index in [-0.39, 0.29) is 29.4 Å². The molecule has 4 nitrogen and oxygen atoms in total. The molecule has 0 radical (unpaired) electrons. The van der Waals surface area contributed by atoms with E-state index >= 15 is 0 Å². The largest absolute Gasteiger partial charge is 0.489 e. The van der Waals surface area contributed by atoms with E-state index in [1.807, 2.05) is 54.6 Å². The van der Waals surface area contributed by atoms with Crippen LogP contribution in [0.25, 0.3) is 0 Å². The predicted molar refractivity (Wildman–Crippen MR) is 139 cm³/mol. The molecule has 4 aromatic rings. The lowest BCUT2D eigenvalue weighted by Crippen LogP contribution is -2.46. The van der Waals surface area contributed by atoms with Gasteiger partial charge >= 0.3 is 0 Å². The first kappa shape index (κ1) is 25.5. The lowest BCUT2D eigenvalue weighted by molar-refractivity contribution is -0.124. The monoisotopic (exact) mass is 497 g/mol. The van der Waals surface area contributed by atoms with Crippen molar-refractivity contribution in [1.82, 2.24) is 0 Å². The number of hydrogen-bond acceptors (Lipinski definition) is 3. The summed E-state index contributed by atoms with van der Waals surface area (Å²) in [7, 11) is 0. The van der Waals surface area contributed by atoms with Crippen LogP contribution in [0.3, 0.4) is 0 Å². The molecular weight excluding hydrogens is 472 g/mol. The van der Waals surface area contributed by atoms with Crippen LogP contribution in [-0.4, -0.2) is 11.7 Å². The number of halogens is 2. The van der Waals surface area contributed by atoms with Crippen LogP contribution in [-0.2, 0) is 11.4 Å². The minimum atomic E-state index is -0.342. The number of carbonyl (C=O) groups is 2. The van der Waals surface area contributed by atoms with Gasteiger partial charge in [-0.1, -0.05) is 49.0 Å². The zero-order valence-corrected chi connectivity index (χ0v) is 20.0. The third-order valence-corrected chi connectivity index (χ3v) is 5.88. The number of nitrogens with zero attached hydrogens (tertiary/aromatic N) is 1. The Labute approximate surface area is 214 Å². The van der Waals surface area contributed by atoms with Crippen molar-refractivity contribution in [3.05, 3.63) is 144 Å². The first-order valence-corrected chi connectivity index (χ1v) is 11.7. The fraction of sp³-hybridized carbons (Fsp3) is 0.0968. The van der Waals surface area contributed by atoms with E-state index in [4.69, 9.17) is 4.74 Å². The van der Waals surface area contributed by atoms with Crippen LogP contribution in [0.1, 0.15) is 33.9 Å². The third-order valence-electron chi connectivity index (χ3n) is 5.88. The smallest absolute Gasteiger partial charge is 0.230 e. The summed E-state index contributed by atoms with van der Waals surface area (Å²) in [4.78, 5) is 24.6. The Kier molecular flexibility index (Phi) is 8.21. The second-order valence-corrected chi connectivity index (χ2v) is 8.38. The second kappa shape index (κ2) is 11.9. The number of β-lactam (4-membered cyclic amide) rings is 1. The molecular formula is C31H25F2NO3.